The van der Waals surface area contributed by atoms with Gasteiger partial charge in [0, 0.05) is 12.1 Å². The molecule has 0 bridgehead atoms. The molecule has 9 heteroatoms. The number of hydrogen-bond acceptors (Lipinski definition) is 4. The monoisotopic (exact) mass is 272 g/mol. The molecule has 0 saturated heterocycles. The molecular weight excluding hydrogens is 263 g/mol. The molecule has 0 unspecified atom stereocenters. The molecule has 0 fully saturated rings. The first-order chi connectivity index (χ1) is 8.30. The van der Waals surface area contributed by atoms with E-state index in [4.69, 9.17) is 5.73 Å². The van der Waals surface area contributed by atoms with Gasteiger partial charge in [0.1, 0.15) is 5.69 Å². The van der Waals surface area contributed by atoms with E-state index in [2.05, 4.69) is 14.5 Å². The molecule has 102 valence electrons. The summed E-state index contributed by atoms with van der Waals surface area (Å²) in [5.41, 5.74) is 3.75. The minimum absolute atomic E-state index is 0.419. The van der Waals surface area contributed by atoms with E-state index in [1.165, 1.54) is 0 Å². The lowest BCUT2D eigenvalue weighted by atomic mass is 10.1. The van der Waals surface area contributed by atoms with Gasteiger partial charge in [-0.25, -0.2) is 8.78 Å². The number of rotatable bonds is 4. The first kappa shape index (κ1) is 14.4. The van der Waals surface area contributed by atoms with Crippen LogP contribution in [-0.4, -0.2) is 18.5 Å². The Morgan fingerprint density at radius 1 is 1.39 bits per heavy atom. The average Bonchev–Trinajstić information content (AvgIpc) is 2.26. The smallest absolute Gasteiger partial charge is 0.491 e. The quantitative estimate of drug-likeness (QED) is 0.855. The van der Waals surface area contributed by atoms with Gasteiger partial charge in [0.2, 0.25) is 0 Å². The number of methoxy groups -OCH3 is 1. The SMILES string of the molecule is COc1cnc(C(F)F)c(CN)c1OC(F)(F)F. The molecule has 0 aliphatic carbocycles. The van der Waals surface area contributed by atoms with E-state index >= 15 is 0 Å². The summed E-state index contributed by atoms with van der Waals surface area (Å²) in [5, 5.41) is 0. The molecule has 0 aromatic carbocycles. The second kappa shape index (κ2) is 5.34. The van der Waals surface area contributed by atoms with Crippen LogP contribution in [0.25, 0.3) is 0 Å². The second-order valence-electron chi connectivity index (χ2n) is 3.07. The highest BCUT2D eigenvalue weighted by atomic mass is 19.4. The zero-order valence-electron chi connectivity index (χ0n) is 9.09. The minimum atomic E-state index is -5.04. The third-order valence-electron chi connectivity index (χ3n) is 1.98. The van der Waals surface area contributed by atoms with Gasteiger partial charge in [-0.15, -0.1) is 13.2 Å². The Morgan fingerprint density at radius 2 is 2.00 bits per heavy atom. The van der Waals surface area contributed by atoms with Crippen molar-refractivity contribution in [2.75, 3.05) is 7.11 Å². The predicted octanol–water partition coefficient (Wildman–Crippen LogP) is 2.39. The van der Waals surface area contributed by atoms with Crippen LogP contribution < -0.4 is 15.2 Å². The number of halogens is 5. The Bertz CT molecular complexity index is 422. The highest BCUT2D eigenvalue weighted by Gasteiger charge is 2.35. The summed E-state index contributed by atoms with van der Waals surface area (Å²) in [7, 11) is 1.06. The number of ether oxygens (including phenoxy) is 2. The summed E-state index contributed by atoms with van der Waals surface area (Å²) in [5.74, 6) is -1.31. The van der Waals surface area contributed by atoms with Crippen molar-refractivity contribution in [2.24, 2.45) is 5.73 Å². The number of nitrogens with two attached hydrogens (primary N) is 1. The fraction of sp³-hybridized carbons (Fsp3) is 0.444. The van der Waals surface area contributed by atoms with Crippen LogP contribution in [-0.2, 0) is 6.54 Å². The molecule has 0 radical (unpaired) electrons. The molecule has 1 aromatic heterocycles. The van der Waals surface area contributed by atoms with Crippen LogP contribution in [0.3, 0.4) is 0 Å². The molecule has 4 nitrogen and oxygen atoms in total. The normalized spacial score (nSPS) is 11.8. The molecule has 2 N–H and O–H groups in total. The Balaban J connectivity index is 3.37. The Morgan fingerprint density at radius 3 is 2.39 bits per heavy atom. The molecule has 1 rings (SSSR count). The van der Waals surface area contributed by atoms with E-state index in [0.29, 0.717) is 0 Å². The number of alkyl halides is 5. The standard InChI is InChI=1S/C9H9F5N2O2/c1-17-5-3-16-6(8(10)11)4(2-15)7(5)18-9(12,13)14/h3,8H,2,15H2,1H3. The van der Waals surface area contributed by atoms with Crippen molar-refractivity contribution in [1.29, 1.82) is 0 Å². The van der Waals surface area contributed by atoms with Crippen LogP contribution in [0.2, 0.25) is 0 Å². The van der Waals surface area contributed by atoms with Gasteiger partial charge in [-0.2, -0.15) is 0 Å². The van der Waals surface area contributed by atoms with Crippen LogP contribution in [0.5, 0.6) is 11.5 Å². The van der Waals surface area contributed by atoms with Crippen LogP contribution in [0.15, 0.2) is 6.20 Å². The van der Waals surface area contributed by atoms with Gasteiger partial charge < -0.3 is 15.2 Å². The van der Waals surface area contributed by atoms with E-state index in [-0.39, 0.29) is 0 Å². The fourth-order valence-corrected chi connectivity index (χ4v) is 1.29. The molecule has 1 aromatic rings. The van der Waals surface area contributed by atoms with Crippen molar-refractivity contribution < 1.29 is 31.4 Å². The minimum Gasteiger partial charge on any atom is -0.491 e. The lowest BCUT2D eigenvalue weighted by Gasteiger charge is -2.17. The summed E-state index contributed by atoms with van der Waals surface area (Å²) < 4.78 is 69.9. The third-order valence-corrected chi connectivity index (χ3v) is 1.98. The van der Waals surface area contributed by atoms with Gasteiger partial charge in [-0.05, 0) is 0 Å². The fourth-order valence-electron chi connectivity index (χ4n) is 1.29. The Labute approximate surface area is 98.5 Å². The van der Waals surface area contributed by atoms with Crippen LogP contribution in [0.4, 0.5) is 22.0 Å². The predicted molar refractivity (Wildman–Crippen MR) is 50.3 cm³/mol. The van der Waals surface area contributed by atoms with E-state index < -0.39 is 42.1 Å². The highest BCUT2D eigenvalue weighted by Crippen LogP contribution is 2.38. The lowest BCUT2D eigenvalue weighted by Crippen LogP contribution is -2.20. The zero-order valence-corrected chi connectivity index (χ0v) is 9.09. The third kappa shape index (κ3) is 3.19. The van der Waals surface area contributed by atoms with Gasteiger partial charge in [-0.3, -0.25) is 4.98 Å². The van der Waals surface area contributed by atoms with Gasteiger partial charge in [-0.1, -0.05) is 0 Å². The largest absolute Gasteiger partial charge is 0.573 e. The highest BCUT2D eigenvalue weighted by molar-refractivity contribution is 5.47. The Hall–Kier alpha value is -1.64. The maximum Gasteiger partial charge on any atom is 0.573 e. The lowest BCUT2D eigenvalue weighted by molar-refractivity contribution is -0.275. The van der Waals surface area contributed by atoms with Gasteiger partial charge in [0.05, 0.1) is 13.3 Å². The van der Waals surface area contributed by atoms with E-state index in [9.17, 15) is 22.0 Å². The number of pyridine rings is 1. The zero-order chi connectivity index (χ0) is 13.9. The van der Waals surface area contributed by atoms with Crippen molar-refractivity contribution in [3.05, 3.63) is 17.5 Å². The molecule has 0 saturated carbocycles. The van der Waals surface area contributed by atoms with Crippen molar-refractivity contribution >= 4 is 0 Å². The van der Waals surface area contributed by atoms with Crippen molar-refractivity contribution in [3.63, 3.8) is 0 Å². The molecule has 18 heavy (non-hydrogen) atoms. The van der Waals surface area contributed by atoms with Crippen LogP contribution >= 0.6 is 0 Å². The molecule has 1 heterocycles. The van der Waals surface area contributed by atoms with E-state index in [1.807, 2.05) is 0 Å². The Kier molecular flexibility index (Phi) is 4.28. The van der Waals surface area contributed by atoms with Crippen LogP contribution in [0, 0.1) is 0 Å². The van der Waals surface area contributed by atoms with Crippen molar-refractivity contribution in [3.8, 4) is 11.5 Å². The van der Waals surface area contributed by atoms with Crippen molar-refractivity contribution in [1.82, 2.24) is 4.98 Å². The summed E-state index contributed by atoms with van der Waals surface area (Å²) in [6, 6.07) is 0. The molecule has 0 aliphatic heterocycles. The van der Waals surface area contributed by atoms with Gasteiger partial charge >= 0.3 is 6.36 Å². The molecule has 0 atom stereocenters. The molecule has 0 aliphatic rings. The molecule has 0 spiro atoms. The van der Waals surface area contributed by atoms with Crippen molar-refractivity contribution in [2.45, 2.75) is 19.3 Å². The number of nitrogens with zero attached hydrogens (tertiary/aromatic N) is 1. The van der Waals surface area contributed by atoms with Crippen LogP contribution in [0.1, 0.15) is 17.7 Å². The summed E-state index contributed by atoms with van der Waals surface area (Å²) >= 11 is 0. The van der Waals surface area contributed by atoms with Gasteiger partial charge in [0.15, 0.2) is 11.5 Å². The molecule has 0 amide bonds. The average molecular weight is 272 g/mol. The van der Waals surface area contributed by atoms with Gasteiger partial charge in [0.25, 0.3) is 6.43 Å². The molecular formula is C9H9F5N2O2. The number of hydrogen-bond donors (Lipinski definition) is 1. The number of aromatic nitrogens is 1. The summed E-state index contributed by atoms with van der Waals surface area (Å²) in [6.07, 6.45) is -7.38. The summed E-state index contributed by atoms with van der Waals surface area (Å²) in [4.78, 5) is 3.31. The maximum atomic E-state index is 12.6. The first-order valence-corrected chi connectivity index (χ1v) is 4.59. The topological polar surface area (TPSA) is 57.4 Å². The second-order valence-corrected chi connectivity index (χ2v) is 3.07. The van der Waals surface area contributed by atoms with E-state index in [1.54, 1.807) is 0 Å². The first-order valence-electron chi connectivity index (χ1n) is 4.59. The maximum absolute atomic E-state index is 12.6. The summed E-state index contributed by atoms with van der Waals surface area (Å²) in [6.45, 7) is -0.588. The van der Waals surface area contributed by atoms with E-state index in [0.717, 1.165) is 13.3 Å².